The number of H-pyrrole nitrogens is 2. The van der Waals surface area contributed by atoms with Gasteiger partial charge >= 0.3 is 36.0 Å². The number of guanidine groups is 1. The van der Waals surface area contributed by atoms with Crippen LogP contribution in [0.5, 0.6) is 5.75 Å². The minimum atomic E-state index is -2.37. The minimum Gasteiger partial charge on any atom is -0.508 e. The Morgan fingerprint density at radius 2 is 1.28 bits per heavy atom. The van der Waals surface area contributed by atoms with Crippen LogP contribution in [0.15, 0.2) is 58.5 Å². The molecular weight excluding hydrogens is 1920 g/mol. The number of anilines is 2. The number of nitrogen functional groups attached to an aromatic ring is 1. The van der Waals surface area contributed by atoms with Gasteiger partial charge in [0.1, 0.15) is 97.6 Å². The van der Waals surface area contributed by atoms with E-state index in [9.17, 15) is 146 Å². The lowest BCUT2D eigenvalue weighted by Gasteiger charge is -2.31. The molecule has 1 fully saturated rings. The summed E-state index contributed by atoms with van der Waals surface area (Å²) in [6.45, 7) is -1.11. The second kappa shape index (κ2) is 52.2. The number of phenolic OH excluding ortho intramolecular Hbond substituents is 1. The average Bonchev–Trinajstić information content (AvgIpc) is 1.63. The number of thioether (sulfide) groups is 1. The third-order valence-electron chi connectivity index (χ3n) is 21.2. The summed E-state index contributed by atoms with van der Waals surface area (Å²) in [5.41, 5.74) is 16.8. The Hall–Kier alpha value is -15.5. The Balaban J connectivity index is 0.894. The van der Waals surface area contributed by atoms with Crippen LogP contribution >= 0.6 is 33.3 Å². The van der Waals surface area contributed by atoms with Crippen LogP contribution in [0, 0.1) is 11.3 Å². The molecule has 15 atom stereocenters. The van der Waals surface area contributed by atoms with Gasteiger partial charge in [-0.15, -0.1) is 11.8 Å². The highest BCUT2D eigenvalue weighted by Gasteiger charge is 2.46. The van der Waals surface area contributed by atoms with Crippen molar-refractivity contribution >= 4 is 198 Å². The molecule has 2 bridgehead atoms. The van der Waals surface area contributed by atoms with Crippen molar-refractivity contribution < 1.29 is 151 Å². The fourth-order valence-corrected chi connectivity index (χ4v) is 17.0. The molecule has 60 heteroatoms. The molecule has 57 nitrogen and oxygen atoms in total. The average molecular weight is 2020 g/mol. The highest BCUT2D eigenvalue weighted by atomic mass is 33.1. The summed E-state index contributed by atoms with van der Waals surface area (Å²) in [4.78, 5) is 315. The Labute approximate surface area is 801 Å². The van der Waals surface area contributed by atoms with Crippen molar-refractivity contribution in [1.29, 1.82) is 5.41 Å². The minimum absolute atomic E-state index is 0.00588. The molecule has 140 heavy (non-hydrogen) atoms. The lowest BCUT2D eigenvalue weighted by atomic mass is 9.98. The zero-order chi connectivity index (χ0) is 103. The molecule has 6 heterocycles. The van der Waals surface area contributed by atoms with E-state index in [1.165, 1.54) is 48.7 Å². The number of nitrogens with zero attached hydrogens (tertiary/aromatic N) is 4. The van der Waals surface area contributed by atoms with E-state index in [1.54, 1.807) is 13.8 Å². The smallest absolute Gasteiger partial charge is 0.508 e. The number of fused-ring (bicyclic) bond motifs is 6. The number of aromatic amines is 2. The summed E-state index contributed by atoms with van der Waals surface area (Å²) in [7, 11) is 1.45. The summed E-state index contributed by atoms with van der Waals surface area (Å²) in [6, 6.07) is -13.9. The molecule has 0 saturated carbocycles. The molecule has 0 radical (unpaired) electrons. The first-order valence-corrected chi connectivity index (χ1v) is 46.1. The number of benzene rings is 2. The van der Waals surface area contributed by atoms with E-state index in [1.807, 2.05) is 16.0 Å². The van der Waals surface area contributed by atoms with Gasteiger partial charge in [0.25, 0.3) is 11.5 Å². The van der Waals surface area contributed by atoms with Gasteiger partial charge in [-0.25, -0.2) is 24.4 Å². The van der Waals surface area contributed by atoms with Crippen LogP contribution in [-0.2, 0) is 114 Å². The zero-order valence-corrected chi connectivity index (χ0v) is 76.7. The number of ether oxygens (including phenoxy) is 2. The molecule has 32 N–H and O–H groups in total. The van der Waals surface area contributed by atoms with E-state index in [0.29, 0.717) is 27.1 Å². The number of aliphatic hydroxyl groups excluding tert-OH is 2. The topological polar surface area (TPSA) is 912 Å². The van der Waals surface area contributed by atoms with Crippen LogP contribution < -0.4 is 103 Å². The molecule has 1 unspecified atom stereocenters. The highest BCUT2D eigenvalue weighted by Crippen LogP contribution is 2.34. The first-order chi connectivity index (χ1) is 66.2. The Bertz CT molecular complexity index is 5600. The number of carboxylic acid groups (broad SMARTS) is 5. The number of primary amides is 1. The van der Waals surface area contributed by atoms with Crippen molar-refractivity contribution in [3.63, 3.8) is 0 Å². The van der Waals surface area contributed by atoms with Gasteiger partial charge in [-0.05, 0) is 67.1 Å². The predicted molar refractivity (Wildman–Crippen MR) is 485 cm³/mol. The second-order valence-corrected chi connectivity index (χ2v) is 35.4. The number of aliphatic carboxylic acids is 5. The van der Waals surface area contributed by atoms with Gasteiger partial charge in [0.15, 0.2) is 17.1 Å². The second-order valence-electron chi connectivity index (χ2n) is 31.7. The summed E-state index contributed by atoms with van der Waals surface area (Å²) < 4.78 is 10.2. The number of rotatable bonds is 42. The molecule has 3 aliphatic heterocycles. The molecule has 0 aliphatic carbocycles. The van der Waals surface area contributed by atoms with Crippen molar-refractivity contribution in [3.8, 4) is 5.75 Å². The number of amides is 15. The van der Waals surface area contributed by atoms with E-state index in [0.717, 1.165) is 22.6 Å². The standard InChI is InChI=1S/C80H103N25O32S3/c1-3-32(2)59-71(127)89-26-54(111)92-48-30-138-74-39(38-11-10-36(106)17-42(38)100-74)19-43(64(120)88-27-55(112)101-59)97-72(128)60(102-70(126)50-18-37(107)28-105(50)75(130)47(20-52(81)109)98-69(48)125)51(108)29-137-80(135)136-15-16-139-140-31-49(77(133)134)99-68(124)46(23-58(117)118)96-67(123)45(22-57(115)116)95-65(121)40(5-4-14-85-78(82)83)93-66(122)44(21-56(113)114)91-53(110)13-12-41(76(131)132)94-63(119)33-6-8-34(9-7-33)86-24-35-25-87-62-61(90-35)73(129)104-79(84)103-62/h6-11,17,25,32,37,40-41,43-51,59-60,86,100,106-108H,3-5,12-16,18-24,26-31H2,1-2H3,(H2,81,109)(H,88,120)(H,89,127)(H,91,110)(H,92,111)(H,93,122)(H,94,119)(H,95,121)(H,96,123)(H,97,128)(H,98,125)(H,99,124)(H,101,112)(H,102,126)(H,113,114)(H,115,116)(H,117,118)(H,131,132)(H,133,134)(H4,82,83,85)(H3,84,87,103,104,129)/t32?,37-,40+,41+,43+,44+,45+,46+,47+,48-,49+,50+,51+,59+,60+/m1/s1. The molecule has 3 aromatic heterocycles. The van der Waals surface area contributed by atoms with Gasteiger partial charge in [-0.3, -0.25) is 101 Å². The lowest BCUT2D eigenvalue weighted by molar-refractivity contribution is -0.144. The van der Waals surface area contributed by atoms with Crippen molar-refractivity contribution in [2.24, 2.45) is 17.4 Å². The number of carbonyl (C=O) groups excluding carboxylic acids is 16. The van der Waals surface area contributed by atoms with Crippen LogP contribution in [0.4, 0.5) is 16.4 Å². The number of aromatic nitrogens is 5. The summed E-state index contributed by atoms with van der Waals surface area (Å²) in [6.07, 6.45) is -12.1. The van der Waals surface area contributed by atoms with Crippen LogP contribution in [0.25, 0.3) is 22.1 Å². The number of aromatic hydroxyl groups is 1. The van der Waals surface area contributed by atoms with Crippen LogP contribution in [-0.4, -0.2) is 343 Å². The summed E-state index contributed by atoms with van der Waals surface area (Å²) in [5, 5.41) is 126. The molecule has 1 saturated heterocycles. The molecule has 758 valence electrons. The number of nitrogens with one attached hydrogen (secondary N) is 18. The van der Waals surface area contributed by atoms with E-state index in [4.69, 9.17) is 32.1 Å². The fourth-order valence-electron chi connectivity index (χ4n) is 13.9. The van der Waals surface area contributed by atoms with Crippen LogP contribution in [0.2, 0.25) is 0 Å². The molecule has 0 spiro atoms. The van der Waals surface area contributed by atoms with Crippen molar-refractivity contribution in [2.75, 3.05) is 67.7 Å². The monoisotopic (exact) mass is 2020 g/mol. The first-order valence-electron chi connectivity index (χ1n) is 42.6. The first kappa shape index (κ1) is 110. The van der Waals surface area contributed by atoms with Crippen molar-refractivity contribution in [3.05, 3.63) is 75.8 Å². The number of carbonyl (C=O) groups is 21. The third kappa shape index (κ3) is 33.5. The maximum absolute atomic E-state index is 15.0. The number of phenols is 1. The molecule has 5 aromatic rings. The maximum Gasteiger partial charge on any atom is 0.508 e. The maximum atomic E-state index is 15.0. The number of aliphatic hydroxyl groups is 2. The Kier molecular flexibility index (Phi) is 40.9. The molecule has 2 aromatic carbocycles. The highest BCUT2D eigenvalue weighted by molar-refractivity contribution is 8.76. The van der Waals surface area contributed by atoms with Crippen molar-refractivity contribution in [2.45, 2.75) is 181 Å². The van der Waals surface area contributed by atoms with E-state index in [2.05, 4.69) is 88.7 Å². The third-order valence-corrected chi connectivity index (χ3v) is 24.7. The Morgan fingerprint density at radius 3 is 1.90 bits per heavy atom. The predicted octanol–water partition coefficient (Wildman–Crippen LogP) is -8.95. The lowest BCUT2D eigenvalue weighted by Crippen LogP contribution is -2.62. The SMILES string of the molecule is CCC(C)[C@@H]1NC(=O)CNC(=O)[C@@H]2Cc3c([nH]c4cc(O)ccc34)SC[C@@H](NC(=O)CNC1=O)C(=O)N[C@@H](CC(N)=O)C(=O)N1C[C@H](O)C[C@H]1C(=O)N[C@@H]([C@@H](O)COC(=O)OCCSSC[C@H](NC(=O)[C@H](CC(=O)O)NC(=O)[C@H](CC(=O)O)NC(=O)[C@H](CCCNC(=N)N)NC(=O)[C@H](CC(=O)O)NC(=O)CC[C@H](NC(=O)c1ccc(NCc3cnc4nc(N)[nH]c(=O)c4n3)cc1)C(=O)O)C(=O)O)C(=O)N2. The number of carboxylic acids is 5. The number of nitrogens with two attached hydrogens (primary N) is 3. The van der Waals surface area contributed by atoms with E-state index < -0.39 is 329 Å². The fraction of sp³-hybridized carbons (Fsp3) is 0.475. The number of hydrogen-bond donors (Lipinski definition) is 29. The van der Waals surface area contributed by atoms with Crippen LogP contribution in [0.3, 0.4) is 0 Å². The zero-order valence-electron chi connectivity index (χ0n) is 74.2. The quantitative estimate of drug-likeness (QED) is 0.00567. The van der Waals surface area contributed by atoms with Gasteiger partial charge < -0.3 is 157 Å². The normalized spacial score (nSPS) is 19.5. The molecule has 8 rings (SSSR count). The molecule has 15 amide bonds. The van der Waals surface area contributed by atoms with Gasteiger partial charge in [-0.1, -0.05) is 41.9 Å². The number of hydrogen-bond acceptors (Lipinski definition) is 36. The summed E-state index contributed by atoms with van der Waals surface area (Å²) in [5.74, 6) is -30.0. The van der Waals surface area contributed by atoms with Crippen molar-refractivity contribution in [1.82, 2.24) is 104 Å². The largest absolute Gasteiger partial charge is 0.508 e. The van der Waals surface area contributed by atoms with Crippen LogP contribution in [0.1, 0.15) is 99.7 Å². The summed E-state index contributed by atoms with van der Waals surface area (Å²) >= 11 is 0.813. The molecular formula is C80H103N25O32S3. The van der Waals surface area contributed by atoms with E-state index >= 15 is 0 Å². The van der Waals surface area contributed by atoms with E-state index in [-0.39, 0.29) is 81.6 Å². The van der Waals surface area contributed by atoms with Gasteiger partial charge in [0.2, 0.25) is 88.6 Å². The molecule has 3 aliphatic rings. The van der Waals surface area contributed by atoms with Gasteiger partial charge in [0.05, 0.1) is 73.9 Å². The Morgan fingerprint density at radius 1 is 0.664 bits per heavy atom. The van der Waals surface area contributed by atoms with Gasteiger partial charge in [0, 0.05) is 72.3 Å². The van der Waals surface area contributed by atoms with Gasteiger partial charge in [-0.2, -0.15) is 4.98 Å².